The maximum Gasteiger partial charge on any atom is 0.243 e. The molecule has 0 atom stereocenters. The first-order chi connectivity index (χ1) is 6.60. The monoisotopic (exact) mass is 217 g/mol. The van der Waals surface area contributed by atoms with Crippen molar-refractivity contribution in [3.63, 3.8) is 0 Å². The lowest BCUT2D eigenvalue weighted by Crippen LogP contribution is -2.23. The van der Waals surface area contributed by atoms with Gasteiger partial charge in [-0.25, -0.2) is 13.1 Å². The molecule has 80 valence electrons. The number of aryl methyl sites for hydroxylation is 1. The van der Waals surface area contributed by atoms with Gasteiger partial charge in [0.2, 0.25) is 10.0 Å². The van der Waals surface area contributed by atoms with E-state index in [0.717, 1.165) is 6.42 Å². The van der Waals surface area contributed by atoms with E-state index < -0.39 is 10.0 Å². The van der Waals surface area contributed by atoms with Crippen LogP contribution >= 0.6 is 0 Å². The Balaban J connectivity index is 2.81. The van der Waals surface area contributed by atoms with Crippen LogP contribution < -0.4 is 4.72 Å². The number of sulfonamides is 1. The molecule has 0 aliphatic carbocycles. The van der Waals surface area contributed by atoms with E-state index in [2.05, 4.69) is 9.82 Å². The summed E-state index contributed by atoms with van der Waals surface area (Å²) >= 11 is 0. The third kappa shape index (κ3) is 2.55. The van der Waals surface area contributed by atoms with Gasteiger partial charge in [-0.2, -0.15) is 5.10 Å². The maximum atomic E-state index is 11.6. The molecule has 0 saturated carbocycles. The van der Waals surface area contributed by atoms with Crippen LogP contribution in [0.3, 0.4) is 0 Å². The fourth-order valence-corrected chi connectivity index (χ4v) is 2.06. The summed E-state index contributed by atoms with van der Waals surface area (Å²) < 4.78 is 27.2. The van der Waals surface area contributed by atoms with Crippen molar-refractivity contribution < 1.29 is 8.42 Å². The lowest BCUT2D eigenvalue weighted by atomic mass is 10.5. The fraction of sp³-hybridized carbons (Fsp3) is 0.625. The molecule has 6 heteroatoms. The van der Waals surface area contributed by atoms with Gasteiger partial charge in [0.05, 0.1) is 6.20 Å². The minimum atomic E-state index is -3.35. The Morgan fingerprint density at radius 1 is 1.50 bits per heavy atom. The second-order valence-electron chi connectivity index (χ2n) is 2.93. The Morgan fingerprint density at radius 2 is 2.21 bits per heavy atom. The van der Waals surface area contributed by atoms with E-state index >= 15 is 0 Å². The van der Waals surface area contributed by atoms with Crippen molar-refractivity contribution in [2.75, 3.05) is 6.54 Å². The topological polar surface area (TPSA) is 64.0 Å². The smallest absolute Gasteiger partial charge is 0.243 e. The molecule has 0 aliphatic rings. The summed E-state index contributed by atoms with van der Waals surface area (Å²) in [6, 6.07) is 0. The zero-order valence-corrected chi connectivity index (χ0v) is 9.21. The van der Waals surface area contributed by atoms with Gasteiger partial charge in [0.15, 0.2) is 0 Å². The van der Waals surface area contributed by atoms with Crippen molar-refractivity contribution in [3.8, 4) is 0 Å². The molecule has 1 heterocycles. The minimum Gasteiger partial charge on any atom is -0.272 e. The van der Waals surface area contributed by atoms with Crippen LogP contribution in [-0.4, -0.2) is 24.7 Å². The van der Waals surface area contributed by atoms with E-state index in [0.29, 0.717) is 13.1 Å². The van der Waals surface area contributed by atoms with E-state index in [-0.39, 0.29) is 4.90 Å². The number of hydrogen-bond acceptors (Lipinski definition) is 3. The quantitative estimate of drug-likeness (QED) is 0.785. The molecule has 0 radical (unpaired) electrons. The summed E-state index contributed by atoms with van der Waals surface area (Å²) in [6.07, 6.45) is 3.67. The fourth-order valence-electron chi connectivity index (χ4n) is 0.976. The van der Waals surface area contributed by atoms with E-state index in [4.69, 9.17) is 0 Å². The highest BCUT2D eigenvalue weighted by atomic mass is 32.2. The van der Waals surface area contributed by atoms with Crippen LogP contribution in [0.4, 0.5) is 0 Å². The summed E-state index contributed by atoms with van der Waals surface area (Å²) in [4.78, 5) is 0.229. The van der Waals surface area contributed by atoms with Gasteiger partial charge in [0, 0.05) is 19.3 Å². The summed E-state index contributed by atoms with van der Waals surface area (Å²) in [6.45, 7) is 4.95. The molecule has 1 aromatic heterocycles. The maximum absolute atomic E-state index is 11.6. The first-order valence-corrected chi connectivity index (χ1v) is 6.10. The third-order valence-corrected chi connectivity index (χ3v) is 3.20. The molecule has 0 fully saturated rings. The van der Waals surface area contributed by atoms with Crippen molar-refractivity contribution in [2.24, 2.45) is 0 Å². The summed E-state index contributed by atoms with van der Waals surface area (Å²) in [5.41, 5.74) is 0. The van der Waals surface area contributed by atoms with Crippen LogP contribution in [0, 0.1) is 0 Å². The van der Waals surface area contributed by atoms with Crippen molar-refractivity contribution >= 4 is 10.0 Å². The molecule has 0 unspecified atom stereocenters. The summed E-state index contributed by atoms with van der Waals surface area (Å²) in [5.74, 6) is 0. The Kier molecular flexibility index (Phi) is 3.65. The average molecular weight is 217 g/mol. The molecule has 14 heavy (non-hydrogen) atoms. The van der Waals surface area contributed by atoms with Crippen molar-refractivity contribution in [1.29, 1.82) is 0 Å². The average Bonchev–Trinajstić information content (AvgIpc) is 2.63. The Morgan fingerprint density at radius 3 is 2.71 bits per heavy atom. The zero-order valence-electron chi connectivity index (χ0n) is 8.40. The Labute approximate surface area is 84.2 Å². The van der Waals surface area contributed by atoms with E-state index in [9.17, 15) is 8.42 Å². The lowest BCUT2D eigenvalue weighted by molar-refractivity contribution is 0.580. The molecule has 0 bridgehead atoms. The van der Waals surface area contributed by atoms with Crippen LogP contribution in [0.25, 0.3) is 0 Å². The zero-order chi connectivity index (χ0) is 10.6. The van der Waals surface area contributed by atoms with Gasteiger partial charge in [0.1, 0.15) is 4.90 Å². The van der Waals surface area contributed by atoms with Gasteiger partial charge in [0.25, 0.3) is 0 Å². The van der Waals surface area contributed by atoms with Crippen LogP contribution in [-0.2, 0) is 16.6 Å². The normalized spacial score (nSPS) is 11.9. The SMILES string of the molecule is CCCNS(=O)(=O)c1cnn(CC)c1. The van der Waals surface area contributed by atoms with Gasteiger partial charge in [-0.15, -0.1) is 0 Å². The van der Waals surface area contributed by atoms with Crippen LogP contribution in [0.2, 0.25) is 0 Å². The van der Waals surface area contributed by atoms with Crippen LogP contribution in [0.1, 0.15) is 20.3 Å². The van der Waals surface area contributed by atoms with Crippen LogP contribution in [0.5, 0.6) is 0 Å². The van der Waals surface area contributed by atoms with Gasteiger partial charge in [-0.1, -0.05) is 6.92 Å². The number of nitrogens with zero attached hydrogens (tertiary/aromatic N) is 2. The highest BCUT2D eigenvalue weighted by molar-refractivity contribution is 7.89. The number of aromatic nitrogens is 2. The molecule has 1 rings (SSSR count). The molecule has 1 aromatic rings. The highest BCUT2D eigenvalue weighted by Crippen LogP contribution is 2.06. The highest BCUT2D eigenvalue weighted by Gasteiger charge is 2.14. The predicted octanol–water partition coefficient (Wildman–Crippen LogP) is 0.591. The first-order valence-electron chi connectivity index (χ1n) is 4.62. The second-order valence-corrected chi connectivity index (χ2v) is 4.70. The largest absolute Gasteiger partial charge is 0.272 e. The molecular weight excluding hydrogens is 202 g/mol. The van der Waals surface area contributed by atoms with Crippen molar-refractivity contribution in [1.82, 2.24) is 14.5 Å². The molecule has 0 amide bonds. The summed E-state index contributed by atoms with van der Waals surface area (Å²) in [5, 5.41) is 3.91. The van der Waals surface area contributed by atoms with Gasteiger partial charge in [-0.05, 0) is 13.3 Å². The minimum absolute atomic E-state index is 0.229. The molecular formula is C8H15N3O2S. The van der Waals surface area contributed by atoms with E-state index in [1.807, 2.05) is 13.8 Å². The molecule has 0 aromatic carbocycles. The van der Waals surface area contributed by atoms with Gasteiger partial charge < -0.3 is 0 Å². The van der Waals surface area contributed by atoms with E-state index in [1.54, 1.807) is 4.68 Å². The number of hydrogen-bond donors (Lipinski definition) is 1. The van der Waals surface area contributed by atoms with Crippen molar-refractivity contribution in [2.45, 2.75) is 31.7 Å². The van der Waals surface area contributed by atoms with Gasteiger partial charge >= 0.3 is 0 Å². The first kappa shape index (κ1) is 11.2. The Bertz CT molecular complexity index is 383. The molecule has 0 aliphatic heterocycles. The second kappa shape index (κ2) is 4.56. The van der Waals surface area contributed by atoms with Gasteiger partial charge in [-0.3, -0.25) is 4.68 Å². The van der Waals surface area contributed by atoms with Crippen LogP contribution in [0.15, 0.2) is 17.3 Å². The molecule has 0 saturated heterocycles. The molecule has 5 nitrogen and oxygen atoms in total. The standard InChI is InChI=1S/C8H15N3O2S/c1-3-5-10-14(12,13)8-6-9-11(4-2)7-8/h6-7,10H,3-5H2,1-2H3. The molecule has 0 spiro atoms. The van der Waals surface area contributed by atoms with Crippen molar-refractivity contribution in [3.05, 3.63) is 12.4 Å². The summed E-state index contributed by atoms with van der Waals surface area (Å²) in [7, 11) is -3.35. The predicted molar refractivity (Wildman–Crippen MR) is 53.4 cm³/mol. The lowest BCUT2D eigenvalue weighted by Gasteiger charge is -2.01. The Hall–Kier alpha value is -0.880. The molecule has 1 N–H and O–H groups in total. The number of nitrogens with one attached hydrogen (secondary N) is 1. The number of rotatable bonds is 5. The van der Waals surface area contributed by atoms with E-state index in [1.165, 1.54) is 12.4 Å². The third-order valence-electron chi connectivity index (χ3n) is 1.79.